The quantitative estimate of drug-likeness (QED) is 0.347. The molecular formula is C12H20N4O. The summed E-state index contributed by atoms with van der Waals surface area (Å²) in [7, 11) is 0. The van der Waals surface area contributed by atoms with Crippen LogP contribution in [0.3, 0.4) is 0 Å². The smallest absolute Gasteiger partial charge is 0.237 e. The molecule has 0 bridgehead atoms. The molecule has 1 amide bonds. The maximum atomic E-state index is 11.7. The van der Waals surface area contributed by atoms with Crippen molar-refractivity contribution in [2.45, 2.75) is 45.6 Å². The van der Waals surface area contributed by atoms with Crippen LogP contribution in [0.1, 0.15) is 44.0 Å². The number of hydrazine groups is 1. The fourth-order valence-corrected chi connectivity index (χ4v) is 2.52. The standard InChI is InChI=1S/C12H20N4O/c1-8(2)16-11-6-9(12(17)15-13)4-3-5-10(11)7-14-16/h7-9H,3-6,13H2,1-2H3,(H,15,17)/t9-/m0/s1. The number of hydrogen-bond donors (Lipinski definition) is 2. The molecule has 1 heterocycles. The van der Waals surface area contributed by atoms with E-state index in [4.69, 9.17) is 5.84 Å². The van der Waals surface area contributed by atoms with E-state index in [1.807, 2.05) is 10.9 Å². The molecule has 1 aromatic heterocycles. The van der Waals surface area contributed by atoms with Crippen LogP contribution in [0.25, 0.3) is 0 Å². The summed E-state index contributed by atoms with van der Waals surface area (Å²) < 4.78 is 2.03. The molecule has 2 rings (SSSR count). The zero-order valence-corrected chi connectivity index (χ0v) is 10.4. The lowest BCUT2D eigenvalue weighted by Crippen LogP contribution is -2.37. The SMILES string of the molecule is CC(C)n1ncc2c1C[C@@H](C(=O)NN)CCC2. The average Bonchev–Trinajstić information content (AvgIpc) is 2.59. The molecule has 5 heteroatoms. The van der Waals surface area contributed by atoms with E-state index < -0.39 is 0 Å². The van der Waals surface area contributed by atoms with Gasteiger partial charge in [-0.2, -0.15) is 5.10 Å². The van der Waals surface area contributed by atoms with Gasteiger partial charge in [0.2, 0.25) is 5.91 Å². The van der Waals surface area contributed by atoms with Crippen molar-refractivity contribution >= 4 is 5.91 Å². The van der Waals surface area contributed by atoms with E-state index in [0.717, 1.165) is 25.7 Å². The number of carbonyl (C=O) groups excluding carboxylic acids is 1. The van der Waals surface area contributed by atoms with Crippen LogP contribution in [0.5, 0.6) is 0 Å². The van der Waals surface area contributed by atoms with Crippen molar-refractivity contribution < 1.29 is 4.79 Å². The van der Waals surface area contributed by atoms with E-state index in [-0.39, 0.29) is 11.8 Å². The molecule has 5 nitrogen and oxygen atoms in total. The number of amides is 1. The van der Waals surface area contributed by atoms with Crippen LogP contribution in [0, 0.1) is 5.92 Å². The highest BCUT2D eigenvalue weighted by Gasteiger charge is 2.25. The van der Waals surface area contributed by atoms with Gasteiger partial charge in [-0.05, 0) is 38.7 Å². The van der Waals surface area contributed by atoms with Gasteiger partial charge in [0.15, 0.2) is 0 Å². The van der Waals surface area contributed by atoms with Gasteiger partial charge >= 0.3 is 0 Å². The van der Waals surface area contributed by atoms with Crippen molar-refractivity contribution in [3.8, 4) is 0 Å². The number of nitrogens with two attached hydrogens (primary N) is 1. The Kier molecular flexibility index (Phi) is 3.47. The Balaban J connectivity index is 2.28. The Morgan fingerprint density at radius 3 is 3.06 bits per heavy atom. The third-order valence-electron chi connectivity index (χ3n) is 3.43. The van der Waals surface area contributed by atoms with Crippen LogP contribution >= 0.6 is 0 Å². The summed E-state index contributed by atoms with van der Waals surface area (Å²) in [5, 5.41) is 4.41. The number of aromatic nitrogens is 2. The first-order chi connectivity index (χ1) is 8.13. The summed E-state index contributed by atoms with van der Waals surface area (Å²) in [5.74, 6) is 5.15. The van der Waals surface area contributed by atoms with Crippen molar-refractivity contribution in [1.82, 2.24) is 15.2 Å². The second-order valence-electron chi connectivity index (χ2n) is 4.96. The topological polar surface area (TPSA) is 72.9 Å². The molecular weight excluding hydrogens is 216 g/mol. The van der Waals surface area contributed by atoms with E-state index in [1.165, 1.54) is 11.3 Å². The first kappa shape index (κ1) is 12.1. The van der Waals surface area contributed by atoms with E-state index in [2.05, 4.69) is 24.4 Å². The van der Waals surface area contributed by atoms with Gasteiger partial charge < -0.3 is 0 Å². The minimum absolute atomic E-state index is 0.0181. The van der Waals surface area contributed by atoms with Crippen LogP contribution in [0.15, 0.2) is 6.20 Å². The fraction of sp³-hybridized carbons (Fsp3) is 0.667. The summed E-state index contributed by atoms with van der Waals surface area (Å²) in [5.41, 5.74) is 4.75. The monoisotopic (exact) mass is 236 g/mol. The molecule has 0 aromatic carbocycles. The van der Waals surface area contributed by atoms with Gasteiger partial charge in [0.25, 0.3) is 0 Å². The molecule has 1 aliphatic rings. The number of aryl methyl sites for hydroxylation is 1. The van der Waals surface area contributed by atoms with E-state index in [0.29, 0.717) is 6.04 Å². The molecule has 94 valence electrons. The second kappa shape index (κ2) is 4.87. The van der Waals surface area contributed by atoms with Crippen molar-refractivity contribution in [3.05, 3.63) is 17.5 Å². The first-order valence-electron chi connectivity index (χ1n) is 6.19. The minimum atomic E-state index is -0.0608. The van der Waals surface area contributed by atoms with Crippen molar-refractivity contribution in [2.24, 2.45) is 11.8 Å². The Bertz CT molecular complexity index is 411. The molecule has 17 heavy (non-hydrogen) atoms. The van der Waals surface area contributed by atoms with Crippen molar-refractivity contribution in [3.63, 3.8) is 0 Å². The molecule has 0 saturated carbocycles. The molecule has 0 spiro atoms. The lowest BCUT2D eigenvalue weighted by atomic mass is 9.99. The number of rotatable bonds is 2. The maximum absolute atomic E-state index is 11.7. The molecule has 0 aliphatic heterocycles. The van der Waals surface area contributed by atoms with Gasteiger partial charge in [-0.3, -0.25) is 14.9 Å². The van der Waals surface area contributed by atoms with Gasteiger partial charge in [-0.1, -0.05) is 0 Å². The third kappa shape index (κ3) is 2.34. The molecule has 0 fully saturated rings. The molecule has 1 aromatic rings. The lowest BCUT2D eigenvalue weighted by Gasteiger charge is -2.15. The van der Waals surface area contributed by atoms with Gasteiger partial charge in [-0.25, -0.2) is 5.84 Å². The highest BCUT2D eigenvalue weighted by Crippen LogP contribution is 2.26. The van der Waals surface area contributed by atoms with Crippen LogP contribution in [-0.2, 0) is 17.6 Å². The molecule has 1 atom stereocenters. The second-order valence-corrected chi connectivity index (χ2v) is 4.96. The third-order valence-corrected chi connectivity index (χ3v) is 3.43. The van der Waals surface area contributed by atoms with Gasteiger partial charge in [0.05, 0.1) is 6.20 Å². The number of nitrogens with one attached hydrogen (secondary N) is 1. The lowest BCUT2D eigenvalue weighted by molar-refractivity contribution is -0.125. The predicted molar refractivity (Wildman–Crippen MR) is 65.1 cm³/mol. The molecule has 0 saturated heterocycles. The number of hydrogen-bond acceptors (Lipinski definition) is 3. The zero-order valence-electron chi connectivity index (χ0n) is 10.4. The van der Waals surface area contributed by atoms with E-state index in [1.54, 1.807) is 0 Å². The largest absolute Gasteiger partial charge is 0.294 e. The summed E-state index contributed by atoms with van der Waals surface area (Å²) in [4.78, 5) is 11.7. The highest BCUT2D eigenvalue weighted by atomic mass is 16.2. The summed E-state index contributed by atoms with van der Waals surface area (Å²) >= 11 is 0. The number of nitrogens with zero attached hydrogens (tertiary/aromatic N) is 2. The minimum Gasteiger partial charge on any atom is -0.294 e. The van der Waals surface area contributed by atoms with Crippen molar-refractivity contribution in [2.75, 3.05) is 0 Å². The first-order valence-corrected chi connectivity index (χ1v) is 6.19. The van der Waals surface area contributed by atoms with Crippen LogP contribution < -0.4 is 11.3 Å². The molecule has 0 unspecified atom stereocenters. The van der Waals surface area contributed by atoms with Crippen LogP contribution in [0.4, 0.5) is 0 Å². The average molecular weight is 236 g/mol. The fourth-order valence-electron chi connectivity index (χ4n) is 2.52. The molecule has 3 N–H and O–H groups in total. The van der Waals surface area contributed by atoms with Gasteiger partial charge in [0.1, 0.15) is 0 Å². The molecule has 1 aliphatic carbocycles. The van der Waals surface area contributed by atoms with Crippen molar-refractivity contribution in [1.29, 1.82) is 0 Å². The summed E-state index contributed by atoms with van der Waals surface area (Å²) in [6.45, 7) is 4.21. The Hall–Kier alpha value is -1.36. The normalized spacial score (nSPS) is 19.9. The van der Waals surface area contributed by atoms with Crippen LogP contribution in [0.2, 0.25) is 0 Å². The molecule has 0 radical (unpaired) electrons. The van der Waals surface area contributed by atoms with E-state index >= 15 is 0 Å². The van der Waals surface area contributed by atoms with Gasteiger partial charge in [0, 0.05) is 24.1 Å². The Labute approximate surface area is 101 Å². The zero-order chi connectivity index (χ0) is 12.4. The van der Waals surface area contributed by atoms with Crippen LogP contribution in [-0.4, -0.2) is 15.7 Å². The Morgan fingerprint density at radius 1 is 1.65 bits per heavy atom. The Morgan fingerprint density at radius 2 is 2.41 bits per heavy atom. The van der Waals surface area contributed by atoms with E-state index in [9.17, 15) is 4.79 Å². The summed E-state index contributed by atoms with van der Waals surface area (Å²) in [6, 6.07) is 0.332. The highest BCUT2D eigenvalue weighted by molar-refractivity contribution is 5.78. The number of carbonyl (C=O) groups is 1. The maximum Gasteiger partial charge on any atom is 0.237 e. The van der Waals surface area contributed by atoms with Gasteiger partial charge in [-0.15, -0.1) is 0 Å². The predicted octanol–water partition coefficient (Wildman–Crippen LogP) is 0.949. The summed E-state index contributed by atoms with van der Waals surface area (Å²) in [6.07, 6.45) is 5.62. The number of fused-ring (bicyclic) bond motifs is 1.